The molecule has 1 aliphatic rings. The molecule has 116 valence electrons. The summed E-state index contributed by atoms with van der Waals surface area (Å²) in [6.07, 6.45) is 3.81. The maximum atomic E-state index is 13.4. The maximum absolute atomic E-state index is 13.4. The molecule has 0 spiro atoms. The van der Waals surface area contributed by atoms with Crippen molar-refractivity contribution in [3.8, 4) is 0 Å². The highest BCUT2D eigenvalue weighted by Gasteiger charge is 2.31. The van der Waals surface area contributed by atoms with Crippen LogP contribution in [0.15, 0.2) is 23.1 Å². The van der Waals surface area contributed by atoms with E-state index in [2.05, 4.69) is 5.32 Å². The van der Waals surface area contributed by atoms with Crippen LogP contribution in [0.2, 0.25) is 0 Å². The van der Waals surface area contributed by atoms with Gasteiger partial charge in [0.15, 0.2) is 9.84 Å². The molecule has 3 N–H and O–H groups in total. The van der Waals surface area contributed by atoms with Crippen LogP contribution in [0.1, 0.15) is 32.6 Å². The van der Waals surface area contributed by atoms with Crippen molar-refractivity contribution >= 4 is 21.4 Å². The molecule has 1 atom stereocenters. The van der Waals surface area contributed by atoms with Crippen molar-refractivity contribution in [2.45, 2.75) is 48.8 Å². The number of nitrogens with two attached hydrogens (primary N) is 1. The van der Waals surface area contributed by atoms with Crippen LogP contribution in [0.5, 0.6) is 0 Å². The van der Waals surface area contributed by atoms with E-state index in [9.17, 15) is 17.6 Å². The second-order valence-electron chi connectivity index (χ2n) is 5.36. The lowest BCUT2D eigenvalue weighted by Gasteiger charge is -2.17. The van der Waals surface area contributed by atoms with E-state index in [4.69, 9.17) is 5.73 Å². The highest BCUT2D eigenvalue weighted by atomic mass is 32.2. The topological polar surface area (TPSA) is 89.3 Å². The summed E-state index contributed by atoms with van der Waals surface area (Å²) in [6, 6.07) is 3.29. The zero-order valence-corrected chi connectivity index (χ0v) is 12.6. The smallest absolute Gasteiger partial charge is 0.238 e. The summed E-state index contributed by atoms with van der Waals surface area (Å²) in [5, 5.41) is 1.48. The molecule has 0 aliphatic heterocycles. The number of hydrogen-bond acceptors (Lipinski definition) is 4. The molecule has 1 fully saturated rings. The van der Waals surface area contributed by atoms with Crippen molar-refractivity contribution in [2.24, 2.45) is 0 Å². The number of carbonyl (C=O) groups excluding carboxylic acids is 1. The second kappa shape index (κ2) is 6.01. The van der Waals surface area contributed by atoms with Gasteiger partial charge in [0, 0.05) is 6.04 Å². The normalized spacial score (nSPS) is 17.6. The van der Waals surface area contributed by atoms with Crippen LogP contribution in [0.3, 0.4) is 0 Å². The Morgan fingerprint density at radius 2 is 2.00 bits per heavy atom. The van der Waals surface area contributed by atoms with Gasteiger partial charge in [-0.3, -0.25) is 4.79 Å². The van der Waals surface area contributed by atoms with E-state index in [0.717, 1.165) is 31.7 Å². The maximum Gasteiger partial charge on any atom is 0.238 e. The highest BCUT2D eigenvalue weighted by Crippen LogP contribution is 2.22. The number of amides is 1. The van der Waals surface area contributed by atoms with Gasteiger partial charge in [-0.05, 0) is 38.0 Å². The van der Waals surface area contributed by atoms with Gasteiger partial charge in [-0.1, -0.05) is 12.8 Å². The highest BCUT2D eigenvalue weighted by molar-refractivity contribution is 7.92. The van der Waals surface area contributed by atoms with Crippen molar-refractivity contribution in [3.05, 3.63) is 24.0 Å². The average Bonchev–Trinajstić information content (AvgIpc) is 2.93. The molecule has 1 aliphatic carbocycles. The molecule has 1 aromatic carbocycles. The van der Waals surface area contributed by atoms with Crippen molar-refractivity contribution in [3.63, 3.8) is 0 Å². The van der Waals surface area contributed by atoms with E-state index in [-0.39, 0.29) is 16.6 Å². The summed E-state index contributed by atoms with van der Waals surface area (Å²) in [7, 11) is -3.93. The number of rotatable bonds is 4. The number of carbonyl (C=O) groups is 1. The van der Waals surface area contributed by atoms with Gasteiger partial charge in [0.25, 0.3) is 0 Å². The first-order valence-electron chi connectivity index (χ1n) is 6.91. The standard InChI is InChI=1S/C14H19FN2O3S/c1-9(14(18)17-10-4-2-3-5-10)21(19,20)11-6-7-13(16)12(15)8-11/h6-10H,2-5,16H2,1H3,(H,17,18). The number of benzene rings is 1. The first-order valence-corrected chi connectivity index (χ1v) is 8.46. The molecular weight excluding hydrogens is 295 g/mol. The van der Waals surface area contributed by atoms with E-state index in [0.29, 0.717) is 0 Å². The predicted octanol–water partition coefficient (Wildman–Crippen LogP) is 1.63. The minimum Gasteiger partial charge on any atom is -0.396 e. The van der Waals surface area contributed by atoms with Crippen LogP contribution in [0.25, 0.3) is 0 Å². The molecule has 0 bridgehead atoms. The first-order chi connectivity index (χ1) is 9.82. The van der Waals surface area contributed by atoms with Crippen LogP contribution in [-0.2, 0) is 14.6 Å². The Morgan fingerprint density at radius 3 is 2.57 bits per heavy atom. The van der Waals surface area contributed by atoms with Gasteiger partial charge in [0.2, 0.25) is 5.91 Å². The van der Waals surface area contributed by atoms with E-state index in [1.807, 2.05) is 0 Å². The van der Waals surface area contributed by atoms with E-state index in [1.165, 1.54) is 19.1 Å². The number of anilines is 1. The monoisotopic (exact) mass is 314 g/mol. The summed E-state index contributed by atoms with van der Waals surface area (Å²) >= 11 is 0. The van der Waals surface area contributed by atoms with Crippen molar-refractivity contribution in [1.82, 2.24) is 5.32 Å². The molecule has 0 radical (unpaired) electrons. The zero-order chi connectivity index (χ0) is 15.6. The molecule has 1 amide bonds. The fourth-order valence-corrected chi connectivity index (χ4v) is 3.70. The molecule has 21 heavy (non-hydrogen) atoms. The van der Waals surface area contributed by atoms with Crippen LogP contribution >= 0.6 is 0 Å². The van der Waals surface area contributed by atoms with Crippen LogP contribution < -0.4 is 11.1 Å². The Labute approximate surface area is 123 Å². The SMILES string of the molecule is CC(C(=O)NC1CCCC1)S(=O)(=O)c1ccc(N)c(F)c1. The van der Waals surface area contributed by atoms with Gasteiger partial charge in [0.1, 0.15) is 11.1 Å². The predicted molar refractivity (Wildman–Crippen MR) is 77.9 cm³/mol. The summed E-state index contributed by atoms with van der Waals surface area (Å²) in [5.74, 6) is -1.35. The van der Waals surface area contributed by atoms with Crippen LogP contribution in [-0.4, -0.2) is 25.6 Å². The van der Waals surface area contributed by atoms with Gasteiger partial charge >= 0.3 is 0 Å². The molecule has 1 aromatic rings. The second-order valence-corrected chi connectivity index (χ2v) is 7.63. The van der Waals surface area contributed by atoms with E-state index in [1.54, 1.807) is 0 Å². The number of nitrogens with one attached hydrogen (secondary N) is 1. The lowest BCUT2D eigenvalue weighted by Crippen LogP contribution is -2.42. The summed E-state index contributed by atoms with van der Waals surface area (Å²) in [6.45, 7) is 1.31. The largest absolute Gasteiger partial charge is 0.396 e. The molecule has 0 saturated heterocycles. The molecule has 5 nitrogen and oxygen atoms in total. The van der Waals surface area contributed by atoms with Gasteiger partial charge in [-0.25, -0.2) is 12.8 Å². The van der Waals surface area contributed by atoms with Crippen molar-refractivity contribution in [1.29, 1.82) is 0 Å². The Balaban J connectivity index is 2.17. The van der Waals surface area contributed by atoms with Gasteiger partial charge in [0.05, 0.1) is 10.6 Å². The summed E-state index contributed by atoms with van der Waals surface area (Å²) in [5.41, 5.74) is 5.20. The van der Waals surface area contributed by atoms with Gasteiger partial charge in [-0.2, -0.15) is 0 Å². The molecular formula is C14H19FN2O3S. The third kappa shape index (κ3) is 3.34. The Morgan fingerprint density at radius 1 is 1.38 bits per heavy atom. The molecule has 1 saturated carbocycles. The number of hydrogen-bond donors (Lipinski definition) is 2. The van der Waals surface area contributed by atoms with Crippen LogP contribution in [0.4, 0.5) is 10.1 Å². The molecule has 7 heteroatoms. The zero-order valence-electron chi connectivity index (χ0n) is 11.8. The Hall–Kier alpha value is -1.63. The lowest BCUT2D eigenvalue weighted by atomic mass is 10.2. The first kappa shape index (κ1) is 15.8. The fraction of sp³-hybridized carbons (Fsp3) is 0.500. The number of halogens is 1. The number of nitrogen functional groups attached to an aromatic ring is 1. The Kier molecular flexibility index (Phi) is 4.51. The van der Waals surface area contributed by atoms with Crippen LogP contribution in [0, 0.1) is 5.82 Å². The van der Waals surface area contributed by atoms with E-state index < -0.39 is 26.8 Å². The quantitative estimate of drug-likeness (QED) is 0.827. The fourth-order valence-electron chi connectivity index (χ4n) is 2.42. The lowest BCUT2D eigenvalue weighted by molar-refractivity contribution is -0.121. The third-order valence-corrected chi connectivity index (χ3v) is 5.89. The average molecular weight is 314 g/mol. The minimum atomic E-state index is -3.93. The molecule has 1 unspecified atom stereocenters. The number of sulfone groups is 1. The van der Waals surface area contributed by atoms with Gasteiger partial charge in [-0.15, -0.1) is 0 Å². The van der Waals surface area contributed by atoms with Crippen molar-refractivity contribution in [2.75, 3.05) is 5.73 Å². The summed E-state index contributed by atoms with van der Waals surface area (Å²) < 4.78 is 38.1. The molecule has 0 heterocycles. The van der Waals surface area contributed by atoms with Crippen molar-refractivity contribution < 1.29 is 17.6 Å². The molecule has 2 rings (SSSR count). The van der Waals surface area contributed by atoms with E-state index >= 15 is 0 Å². The third-order valence-electron chi connectivity index (χ3n) is 3.84. The Bertz CT molecular complexity index is 640. The van der Waals surface area contributed by atoms with Gasteiger partial charge < -0.3 is 11.1 Å². The molecule has 0 aromatic heterocycles. The summed E-state index contributed by atoms with van der Waals surface area (Å²) in [4.78, 5) is 11.8. The minimum absolute atomic E-state index is 0.0401.